The number of aromatic nitrogens is 2. The topological polar surface area (TPSA) is 87.2 Å². The number of benzene rings is 1. The van der Waals surface area contributed by atoms with Crippen LogP contribution in [0.5, 0.6) is 0 Å². The van der Waals surface area contributed by atoms with Crippen LogP contribution in [0.25, 0.3) is 11.3 Å². The minimum atomic E-state index is -3.33. The summed E-state index contributed by atoms with van der Waals surface area (Å²) < 4.78 is 27.4. The molecule has 144 valence electrons. The van der Waals surface area contributed by atoms with Crippen LogP contribution in [0, 0.1) is 0 Å². The number of nitrogens with one attached hydrogen (secondary N) is 2. The van der Waals surface area contributed by atoms with E-state index in [0.29, 0.717) is 31.2 Å². The number of hydrogen-bond donors (Lipinski definition) is 2. The maximum Gasteiger partial charge on any atom is 0.219 e. The van der Waals surface area contributed by atoms with Gasteiger partial charge in [-0.15, -0.1) is 0 Å². The van der Waals surface area contributed by atoms with Gasteiger partial charge in [-0.3, -0.25) is 15.8 Å². The number of halogens is 1. The zero-order chi connectivity index (χ0) is 18.9. The van der Waals surface area contributed by atoms with E-state index < -0.39 is 15.3 Å². The van der Waals surface area contributed by atoms with E-state index in [0.717, 1.165) is 29.8 Å². The van der Waals surface area contributed by atoms with Crippen molar-refractivity contribution < 1.29 is 8.42 Å². The predicted octanol–water partition coefficient (Wildman–Crippen LogP) is 1.78. The summed E-state index contributed by atoms with van der Waals surface area (Å²) in [4.78, 5) is 9.09. The first-order chi connectivity index (χ1) is 13.0. The van der Waals surface area contributed by atoms with Crippen LogP contribution >= 0.6 is 11.6 Å². The van der Waals surface area contributed by atoms with Gasteiger partial charge in [-0.2, -0.15) is 0 Å². The Kier molecular flexibility index (Phi) is 5.43. The van der Waals surface area contributed by atoms with Crippen molar-refractivity contribution in [2.45, 2.75) is 24.0 Å². The molecule has 1 aromatic heterocycles. The van der Waals surface area contributed by atoms with Crippen molar-refractivity contribution in [2.75, 3.05) is 26.2 Å². The van der Waals surface area contributed by atoms with E-state index in [1.54, 1.807) is 16.7 Å². The fourth-order valence-corrected chi connectivity index (χ4v) is 5.62. The molecule has 2 aliphatic heterocycles. The highest BCUT2D eigenvalue weighted by atomic mass is 35.5. The third-order valence-corrected chi connectivity index (χ3v) is 7.60. The molecule has 9 heteroatoms. The average molecular weight is 408 g/mol. The fraction of sp³-hybridized carbons (Fsp3) is 0.444. The summed E-state index contributed by atoms with van der Waals surface area (Å²) in [5.41, 5.74) is 8.28. The standard InChI is InChI=1S/C18H22ClN5O2S/c19-15-5-1-3-13(7-15)17-10-20-11-18(23-17)14-4-2-6-24(12-14)27(25,26)16-8-21-22-9-16/h1,3,5,7,10-11,14,16,21-22H,2,4,6,8-9,12H2. The van der Waals surface area contributed by atoms with E-state index in [4.69, 9.17) is 16.6 Å². The minimum Gasteiger partial charge on any atom is -0.261 e. The first kappa shape index (κ1) is 18.8. The minimum absolute atomic E-state index is 0.0440. The lowest BCUT2D eigenvalue weighted by Gasteiger charge is -2.33. The smallest absolute Gasteiger partial charge is 0.219 e. The molecule has 0 spiro atoms. The van der Waals surface area contributed by atoms with Crippen LogP contribution in [0.1, 0.15) is 24.5 Å². The van der Waals surface area contributed by atoms with Gasteiger partial charge in [-0.1, -0.05) is 23.7 Å². The Hall–Kier alpha value is -1.58. The molecule has 0 radical (unpaired) electrons. The van der Waals surface area contributed by atoms with Gasteiger partial charge in [-0.25, -0.2) is 17.7 Å². The third kappa shape index (κ3) is 4.00. The Morgan fingerprint density at radius 1 is 1.19 bits per heavy atom. The van der Waals surface area contributed by atoms with Gasteiger partial charge in [0.15, 0.2) is 0 Å². The average Bonchev–Trinajstić information content (AvgIpc) is 3.24. The summed E-state index contributed by atoms with van der Waals surface area (Å²) in [6.07, 6.45) is 5.18. The Morgan fingerprint density at radius 3 is 2.78 bits per heavy atom. The largest absolute Gasteiger partial charge is 0.261 e. The molecule has 3 heterocycles. The normalized spacial score (nSPS) is 22.2. The first-order valence-electron chi connectivity index (χ1n) is 9.06. The van der Waals surface area contributed by atoms with Crippen molar-refractivity contribution >= 4 is 21.6 Å². The van der Waals surface area contributed by atoms with Crippen molar-refractivity contribution in [1.29, 1.82) is 0 Å². The van der Waals surface area contributed by atoms with Gasteiger partial charge < -0.3 is 0 Å². The monoisotopic (exact) mass is 407 g/mol. The molecule has 7 nitrogen and oxygen atoms in total. The van der Waals surface area contributed by atoms with Crippen molar-refractivity contribution in [3.05, 3.63) is 47.4 Å². The number of hydrazine groups is 1. The Bertz CT molecular complexity index is 917. The SMILES string of the molecule is O=S(=O)(C1CNNC1)N1CCCC(c2cncc(-c3cccc(Cl)c3)n2)C1. The van der Waals surface area contributed by atoms with Crippen LogP contribution < -0.4 is 10.9 Å². The van der Waals surface area contributed by atoms with Gasteiger partial charge in [0.2, 0.25) is 10.0 Å². The van der Waals surface area contributed by atoms with Crippen LogP contribution in [0.4, 0.5) is 0 Å². The summed E-state index contributed by atoms with van der Waals surface area (Å²) in [5, 5.41) is 0.230. The summed E-state index contributed by atoms with van der Waals surface area (Å²) in [5.74, 6) is 0.0440. The van der Waals surface area contributed by atoms with Gasteiger partial charge >= 0.3 is 0 Å². The van der Waals surface area contributed by atoms with Crippen LogP contribution in [-0.2, 0) is 10.0 Å². The second-order valence-corrected chi connectivity index (χ2v) is 9.61. The van der Waals surface area contributed by atoms with Gasteiger partial charge in [-0.05, 0) is 25.0 Å². The number of rotatable bonds is 4. The molecule has 0 saturated carbocycles. The predicted molar refractivity (Wildman–Crippen MR) is 105 cm³/mol. The fourth-order valence-electron chi connectivity index (χ4n) is 3.65. The van der Waals surface area contributed by atoms with Gasteiger partial charge in [0, 0.05) is 48.9 Å². The van der Waals surface area contributed by atoms with E-state index in [1.165, 1.54) is 0 Å². The van der Waals surface area contributed by atoms with Crippen LogP contribution in [-0.4, -0.2) is 54.1 Å². The van der Waals surface area contributed by atoms with E-state index in [2.05, 4.69) is 15.8 Å². The summed E-state index contributed by atoms with van der Waals surface area (Å²) in [7, 11) is -3.33. The molecule has 1 aromatic carbocycles. The van der Waals surface area contributed by atoms with Crippen molar-refractivity contribution in [3.8, 4) is 11.3 Å². The zero-order valence-electron chi connectivity index (χ0n) is 14.8. The number of nitrogens with zero attached hydrogens (tertiary/aromatic N) is 3. The second kappa shape index (κ2) is 7.81. The number of sulfonamides is 1. The lowest BCUT2D eigenvalue weighted by Crippen LogP contribution is -2.45. The number of piperidine rings is 1. The molecule has 2 fully saturated rings. The van der Waals surface area contributed by atoms with Gasteiger partial charge in [0.05, 0.1) is 17.6 Å². The molecule has 4 rings (SSSR count). The highest BCUT2D eigenvalue weighted by Gasteiger charge is 2.37. The van der Waals surface area contributed by atoms with E-state index in [-0.39, 0.29) is 5.92 Å². The summed E-state index contributed by atoms with van der Waals surface area (Å²) in [6.45, 7) is 1.89. The molecule has 1 unspecified atom stereocenters. The number of hydrogen-bond acceptors (Lipinski definition) is 6. The molecular weight excluding hydrogens is 386 g/mol. The van der Waals surface area contributed by atoms with Crippen LogP contribution in [0.3, 0.4) is 0 Å². The van der Waals surface area contributed by atoms with E-state index in [9.17, 15) is 8.42 Å². The highest BCUT2D eigenvalue weighted by molar-refractivity contribution is 7.89. The van der Waals surface area contributed by atoms with E-state index in [1.807, 2.05) is 24.3 Å². The quantitative estimate of drug-likeness (QED) is 0.803. The molecule has 1 atom stereocenters. The molecule has 2 aromatic rings. The molecule has 2 N–H and O–H groups in total. The van der Waals surface area contributed by atoms with Gasteiger partial charge in [0.1, 0.15) is 5.25 Å². The molecule has 2 aliphatic rings. The second-order valence-electron chi connectivity index (χ2n) is 6.97. The zero-order valence-corrected chi connectivity index (χ0v) is 16.4. The maximum atomic E-state index is 12.9. The van der Waals surface area contributed by atoms with Crippen molar-refractivity contribution in [1.82, 2.24) is 25.1 Å². The van der Waals surface area contributed by atoms with Crippen LogP contribution in [0.2, 0.25) is 5.02 Å². The third-order valence-electron chi connectivity index (χ3n) is 5.14. The highest BCUT2D eigenvalue weighted by Crippen LogP contribution is 2.29. The van der Waals surface area contributed by atoms with Crippen LogP contribution in [0.15, 0.2) is 36.7 Å². The first-order valence-corrected chi connectivity index (χ1v) is 10.9. The lowest BCUT2D eigenvalue weighted by molar-refractivity contribution is 0.310. The van der Waals surface area contributed by atoms with E-state index >= 15 is 0 Å². The Morgan fingerprint density at radius 2 is 2.00 bits per heavy atom. The lowest BCUT2D eigenvalue weighted by atomic mass is 9.96. The van der Waals surface area contributed by atoms with Crippen molar-refractivity contribution in [2.24, 2.45) is 0 Å². The summed E-state index contributed by atoms with van der Waals surface area (Å²) in [6, 6.07) is 7.49. The Labute approximate surface area is 164 Å². The molecule has 0 aliphatic carbocycles. The molecule has 2 saturated heterocycles. The summed E-state index contributed by atoms with van der Waals surface area (Å²) >= 11 is 6.08. The molecule has 0 bridgehead atoms. The molecular formula is C18H22ClN5O2S. The molecule has 0 amide bonds. The Balaban J connectivity index is 1.56. The van der Waals surface area contributed by atoms with Gasteiger partial charge in [0.25, 0.3) is 0 Å². The van der Waals surface area contributed by atoms with Crippen molar-refractivity contribution in [3.63, 3.8) is 0 Å². The maximum absolute atomic E-state index is 12.9. The molecule has 27 heavy (non-hydrogen) atoms.